The van der Waals surface area contributed by atoms with Gasteiger partial charge >= 0.3 is 0 Å². The lowest BCUT2D eigenvalue weighted by molar-refractivity contribution is -0.304. The number of carbonyl (C=O) groups excluding carboxylic acids is 1. The Labute approximate surface area is 85.5 Å². The van der Waals surface area contributed by atoms with Crippen LogP contribution in [-0.4, -0.2) is 11.0 Å². The van der Waals surface area contributed by atoms with Crippen molar-refractivity contribution in [2.45, 2.75) is 13.3 Å². The number of aromatic nitrogens is 1. The molecule has 1 N–H and O–H groups in total. The van der Waals surface area contributed by atoms with Crippen LogP contribution < -0.4 is 5.11 Å². The Kier molecular flexibility index (Phi) is 2.19. The van der Waals surface area contributed by atoms with Gasteiger partial charge in [-0.3, -0.25) is 0 Å². The maximum absolute atomic E-state index is 13.0. The van der Waals surface area contributed by atoms with E-state index in [-0.39, 0.29) is 12.2 Å². The molecule has 3 nitrogen and oxygen atoms in total. The summed E-state index contributed by atoms with van der Waals surface area (Å²) in [6.07, 6.45) is -0.199. The summed E-state index contributed by atoms with van der Waals surface area (Å²) in [7, 11) is 0. The first-order valence-corrected chi connectivity index (χ1v) is 4.54. The Morgan fingerprint density at radius 2 is 2.27 bits per heavy atom. The summed E-state index contributed by atoms with van der Waals surface area (Å²) in [5.41, 5.74) is 2.06. The normalized spacial score (nSPS) is 10.8. The highest BCUT2D eigenvalue weighted by molar-refractivity contribution is 5.87. The van der Waals surface area contributed by atoms with Crippen molar-refractivity contribution in [3.63, 3.8) is 0 Å². The van der Waals surface area contributed by atoms with Crippen molar-refractivity contribution in [1.29, 1.82) is 0 Å². The third-order valence-corrected chi connectivity index (χ3v) is 2.40. The van der Waals surface area contributed by atoms with E-state index in [4.69, 9.17) is 0 Å². The second kappa shape index (κ2) is 3.38. The van der Waals surface area contributed by atoms with Gasteiger partial charge in [0, 0.05) is 29.0 Å². The van der Waals surface area contributed by atoms with Crippen molar-refractivity contribution in [3.8, 4) is 0 Å². The number of fused-ring (bicyclic) bond motifs is 1. The molecule has 78 valence electrons. The lowest BCUT2D eigenvalue weighted by atomic mass is 10.1. The number of aryl methyl sites for hydroxylation is 1. The van der Waals surface area contributed by atoms with Crippen LogP contribution in [0.1, 0.15) is 11.3 Å². The topological polar surface area (TPSA) is 55.9 Å². The van der Waals surface area contributed by atoms with E-state index < -0.39 is 5.97 Å². The molecule has 0 unspecified atom stereocenters. The minimum Gasteiger partial charge on any atom is -0.550 e. The van der Waals surface area contributed by atoms with Gasteiger partial charge in [0.25, 0.3) is 0 Å². The van der Waals surface area contributed by atoms with Crippen molar-refractivity contribution < 1.29 is 14.3 Å². The van der Waals surface area contributed by atoms with E-state index >= 15 is 0 Å². The van der Waals surface area contributed by atoms with Crippen molar-refractivity contribution >= 4 is 16.9 Å². The Balaban J connectivity index is 2.65. The summed E-state index contributed by atoms with van der Waals surface area (Å²) in [5, 5.41) is 11.1. The van der Waals surface area contributed by atoms with Crippen LogP contribution in [0.3, 0.4) is 0 Å². The molecule has 0 atom stereocenters. The van der Waals surface area contributed by atoms with Gasteiger partial charge in [-0.1, -0.05) is 0 Å². The van der Waals surface area contributed by atoms with E-state index in [9.17, 15) is 14.3 Å². The lowest BCUT2D eigenvalue weighted by Gasteiger charge is -2.02. The summed E-state index contributed by atoms with van der Waals surface area (Å²) in [4.78, 5) is 13.5. The Hall–Kier alpha value is -1.84. The summed E-state index contributed by atoms with van der Waals surface area (Å²) >= 11 is 0. The summed E-state index contributed by atoms with van der Waals surface area (Å²) in [6.45, 7) is 1.76. The smallest absolute Gasteiger partial charge is 0.123 e. The Bertz CT molecular complexity index is 531. The number of carboxylic acid groups (broad SMARTS) is 1. The van der Waals surface area contributed by atoms with Gasteiger partial charge in [0.1, 0.15) is 5.82 Å². The molecule has 0 spiro atoms. The average Bonchev–Trinajstić information content (AvgIpc) is 2.43. The minimum absolute atomic E-state index is 0.199. The van der Waals surface area contributed by atoms with Crippen molar-refractivity contribution in [2.75, 3.05) is 0 Å². The third kappa shape index (κ3) is 1.70. The second-order valence-corrected chi connectivity index (χ2v) is 3.47. The molecule has 0 aliphatic heterocycles. The van der Waals surface area contributed by atoms with E-state index in [1.165, 1.54) is 12.1 Å². The van der Waals surface area contributed by atoms with Gasteiger partial charge in [0.15, 0.2) is 0 Å². The number of H-pyrrole nitrogens is 1. The highest BCUT2D eigenvalue weighted by Crippen LogP contribution is 2.23. The quantitative estimate of drug-likeness (QED) is 0.793. The fraction of sp³-hybridized carbons (Fsp3) is 0.182. The molecule has 1 heterocycles. The highest BCUT2D eigenvalue weighted by atomic mass is 19.1. The standard InChI is InChI=1S/C11H10FNO2/c1-6-8(5-11(14)15)9-4-7(12)2-3-10(9)13-6/h2-4,13H,5H2,1H3,(H,14,15)/p-1. The molecule has 0 fully saturated rings. The number of benzene rings is 1. The maximum atomic E-state index is 13.0. The molecular formula is C11H9FNO2-. The summed E-state index contributed by atoms with van der Waals surface area (Å²) in [5.74, 6) is -1.54. The van der Waals surface area contributed by atoms with Crippen LogP contribution in [0.15, 0.2) is 18.2 Å². The van der Waals surface area contributed by atoms with Gasteiger partial charge in [0.05, 0.1) is 0 Å². The van der Waals surface area contributed by atoms with Crippen LogP contribution in [0.2, 0.25) is 0 Å². The number of carboxylic acids is 1. The zero-order chi connectivity index (χ0) is 11.0. The molecule has 2 aromatic rings. The van der Waals surface area contributed by atoms with Crippen LogP contribution in [0, 0.1) is 12.7 Å². The van der Waals surface area contributed by atoms with Gasteiger partial charge in [-0.25, -0.2) is 4.39 Å². The van der Waals surface area contributed by atoms with E-state index in [1.807, 2.05) is 0 Å². The SMILES string of the molecule is Cc1[nH]c2ccc(F)cc2c1CC(=O)[O-]. The molecule has 0 aliphatic rings. The lowest BCUT2D eigenvalue weighted by Crippen LogP contribution is -2.24. The zero-order valence-electron chi connectivity index (χ0n) is 8.13. The number of carbonyl (C=O) groups is 1. The molecule has 4 heteroatoms. The summed E-state index contributed by atoms with van der Waals surface area (Å²) in [6, 6.07) is 4.26. The average molecular weight is 206 g/mol. The van der Waals surface area contributed by atoms with Crippen LogP contribution in [0.4, 0.5) is 4.39 Å². The molecule has 0 amide bonds. The zero-order valence-corrected chi connectivity index (χ0v) is 8.13. The van der Waals surface area contributed by atoms with Gasteiger partial charge in [-0.2, -0.15) is 0 Å². The molecular weight excluding hydrogens is 197 g/mol. The Morgan fingerprint density at radius 3 is 2.93 bits per heavy atom. The van der Waals surface area contributed by atoms with E-state index in [0.29, 0.717) is 10.9 Å². The minimum atomic E-state index is -1.16. The van der Waals surface area contributed by atoms with Crippen LogP contribution in [0.5, 0.6) is 0 Å². The molecule has 1 aromatic heterocycles. The molecule has 15 heavy (non-hydrogen) atoms. The number of nitrogens with one attached hydrogen (secondary N) is 1. The van der Waals surface area contributed by atoms with Crippen LogP contribution >= 0.6 is 0 Å². The first-order chi connectivity index (χ1) is 7.08. The number of aromatic amines is 1. The fourth-order valence-corrected chi connectivity index (χ4v) is 1.73. The molecule has 0 saturated carbocycles. The first kappa shape index (κ1) is 9.71. The van der Waals surface area contributed by atoms with Crippen molar-refractivity contribution in [3.05, 3.63) is 35.3 Å². The molecule has 0 radical (unpaired) electrons. The monoisotopic (exact) mass is 206 g/mol. The molecule has 0 saturated heterocycles. The molecule has 0 bridgehead atoms. The number of hydrogen-bond donors (Lipinski definition) is 1. The number of halogens is 1. The predicted molar refractivity (Wildman–Crippen MR) is 51.7 cm³/mol. The van der Waals surface area contributed by atoms with Crippen molar-refractivity contribution in [2.24, 2.45) is 0 Å². The fourth-order valence-electron chi connectivity index (χ4n) is 1.73. The molecule has 0 aliphatic carbocycles. The Morgan fingerprint density at radius 1 is 1.53 bits per heavy atom. The number of hydrogen-bond acceptors (Lipinski definition) is 2. The maximum Gasteiger partial charge on any atom is 0.123 e. The number of aliphatic carboxylic acids is 1. The van der Waals surface area contributed by atoms with Gasteiger partial charge in [-0.15, -0.1) is 0 Å². The highest BCUT2D eigenvalue weighted by Gasteiger charge is 2.08. The van der Waals surface area contributed by atoms with Gasteiger partial charge < -0.3 is 14.9 Å². The van der Waals surface area contributed by atoms with E-state index in [0.717, 1.165) is 11.2 Å². The second-order valence-electron chi connectivity index (χ2n) is 3.47. The summed E-state index contributed by atoms with van der Waals surface area (Å²) < 4.78 is 13.0. The van der Waals surface area contributed by atoms with Crippen molar-refractivity contribution in [1.82, 2.24) is 4.98 Å². The van der Waals surface area contributed by atoms with Gasteiger partial charge in [0.2, 0.25) is 0 Å². The van der Waals surface area contributed by atoms with E-state index in [2.05, 4.69) is 4.98 Å². The van der Waals surface area contributed by atoms with Crippen LogP contribution in [-0.2, 0) is 11.2 Å². The molecule has 2 rings (SSSR count). The van der Waals surface area contributed by atoms with Crippen LogP contribution in [0.25, 0.3) is 10.9 Å². The third-order valence-electron chi connectivity index (χ3n) is 2.40. The molecule has 1 aromatic carbocycles. The number of rotatable bonds is 2. The van der Waals surface area contributed by atoms with Gasteiger partial charge in [-0.05, 0) is 30.7 Å². The predicted octanol–water partition coefficient (Wildman–Crippen LogP) is 0.908. The largest absolute Gasteiger partial charge is 0.550 e. The van der Waals surface area contributed by atoms with E-state index in [1.54, 1.807) is 13.0 Å². The first-order valence-electron chi connectivity index (χ1n) is 4.54.